The van der Waals surface area contributed by atoms with Crippen LogP contribution in [0.25, 0.3) is 11.6 Å². The van der Waals surface area contributed by atoms with Crippen LogP contribution in [-0.2, 0) is 16.8 Å². The van der Waals surface area contributed by atoms with E-state index in [1.165, 1.54) is 24.3 Å². The maximum absolute atomic E-state index is 12.5. The highest BCUT2D eigenvalue weighted by molar-refractivity contribution is 5.89. The molecule has 40 heavy (non-hydrogen) atoms. The molecule has 0 spiro atoms. The molecule has 0 radical (unpaired) electrons. The van der Waals surface area contributed by atoms with Crippen molar-refractivity contribution in [3.05, 3.63) is 83.7 Å². The molecule has 4 aromatic rings. The summed E-state index contributed by atoms with van der Waals surface area (Å²) in [5, 5.41) is 22.2. The average molecular weight is 550 g/mol. The zero-order chi connectivity index (χ0) is 28.2. The molecule has 0 saturated carbocycles. The molecule has 13 heteroatoms. The Bertz CT molecular complexity index is 1490. The summed E-state index contributed by atoms with van der Waals surface area (Å²) in [5.41, 5.74) is 0.532. The van der Waals surface area contributed by atoms with Crippen molar-refractivity contribution < 1.29 is 32.0 Å². The van der Waals surface area contributed by atoms with E-state index < -0.39 is 17.7 Å². The number of nitrogens with zero attached hydrogens (tertiary/aromatic N) is 6. The van der Waals surface area contributed by atoms with Gasteiger partial charge in [-0.25, -0.2) is 4.79 Å². The summed E-state index contributed by atoms with van der Waals surface area (Å²) in [5.74, 6) is 0.0295. The first-order valence-corrected chi connectivity index (χ1v) is 12.2. The lowest BCUT2D eigenvalue weighted by molar-refractivity contribution is -0.274. The molecule has 204 valence electrons. The topological polar surface area (TPSA) is 127 Å². The van der Waals surface area contributed by atoms with Crippen LogP contribution in [0.2, 0.25) is 0 Å². The predicted octanol–water partition coefficient (Wildman–Crippen LogP) is 4.84. The standard InChI is InChI=1S/C27H21F3N6O4/c28-27(29,30)39-20-8-6-19(7-9-20)26(17-31)12-14-36(15-13-26)23-11-10-21(33-34-23)24-32-22(35-40-24)16-38-25(37)18-4-2-1-3-5-18/h1-11H,12-16H2. The number of halogens is 3. The van der Waals surface area contributed by atoms with Crippen LogP contribution in [0.1, 0.15) is 34.6 Å². The fraction of sp³-hybridized carbons (Fsp3) is 0.259. The minimum absolute atomic E-state index is 0.116. The quantitative estimate of drug-likeness (QED) is 0.295. The van der Waals surface area contributed by atoms with E-state index in [1.54, 1.807) is 42.5 Å². The number of ether oxygens (including phenoxy) is 2. The number of anilines is 1. The van der Waals surface area contributed by atoms with Crippen molar-refractivity contribution in [3.8, 4) is 23.4 Å². The van der Waals surface area contributed by atoms with E-state index in [0.29, 0.717) is 48.6 Å². The summed E-state index contributed by atoms with van der Waals surface area (Å²) in [6.45, 7) is 0.801. The SMILES string of the molecule is N#CC1(c2ccc(OC(F)(F)F)cc2)CCN(c2ccc(-c3nc(COC(=O)c4ccccc4)no3)nn2)CC1. The van der Waals surface area contributed by atoms with Gasteiger partial charge < -0.3 is 18.9 Å². The van der Waals surface area contributed by atoms with Crippen LogP contribution in [0.15, 0.2) is 71.3 Å². The maximum atomic E-state index is 12.5. The number of nitriles is 1. The molecular formula is C27H21F3N6O4. The molecule has 3 heterocycles. The van der Waals surface area contributed by atoms with Crippen LogP contribution in [0.5, 0.6) is 5.75 Å². The second-order valence-corrected chi connectivity index (χ2v) is 8.99. The molecular weight excluding hydrogens is 529 g/mol. The molecule has 1 aliphatic heterocycles. The lowest BCUT2D eigenvalue weighted by Gasteiger charge is -2.38. The number of hydrogen-bond donors (Lipinski definition) is 0. The fourth-order valence-corrected chi connectivity index (χ4v) is 4.37. The molecule has 0 atom stereocenters. The normalized spacial score (nSPS) is 14.8. The van der Waals surface area contributed by atoms with E-state index in [9.17, 15) is 23.2 Å². The Morgan fingerprint density at radius 2 is 1.75 bits per heavy atom. The first-order chi connectivity index (χ1) is 19.2. The van der Waals surface area contributed by atoms with E-state index >= 15 is 0 Å². The molecule has 2 aromatic heterocycles. The molecule has 5 rings (SSSR count). The maximum Gasteiger partial charge on any atom is 0.573 e. The third-order valence-electron chi connectivity index (χ3n) is 6.48. The van der Waals surface area contributed by atoms with Gasteiger partial charge in [0.25, 0.3) is 5.89 Å². The third-order valence-corrected chi connectivity index (χ3v) is 6.48. The van der Waals surface area contributed by atoms with Gasteiger partial charge in [0, 0.05) is 13.1 Å². The van der Waals surface area contributed by atoms with Crippen LogP contribution < -0.4 is 9.64 Å². The van der Waals surface area contributed by atoms with Gasteiger partial charge in [0.2, 0.25) is 5.82 Å². The number of carbonyl (C=O) groups excluding carboxylic acids is 1. The molecule has 0 aliphatic carbocycles. The van der Waals surface area contributed by atoms with Gasteiger partial charge in [-0.2, -0.15) is 10.2 Å². The number of aromatic nitrogens is 4. The largest absolute Gasteiger partial charge is 0.573 e. The Labute approximate surface area is 226 Å². The van der Waals surface area contributed by atoms with Crippen molar-refractivity contribution in [2.45, 2.75) is 31.2 Å². The number of alkyl halides is 3. The Morgan fingerprint density at radius 3 is 2.38 bits per heavy atom. The zero-order valence-electron chi connectivity index (χ0n) is 20.8. The highest BCUT2D eigenvalue weighted by Crippen LogP contribution is 2.37. The van der Waals surface area contributed by atoms with Gasteiger partial charge in [0.15, 0.2) is 18.1 Å². The summed E-state index contributed by atoms with van der Waals surface area (Å²) in [7, 11) is 0. The second kappa shape index (κ2) is 11.0. The third kappa shape index (κ3) is 6.01. The lowest BCUT2D eigenvalue weighted by Crippen LogP contribution is -2.42. The number of piperidine rings is 1. The zero-order valence-corrected chi connectivity index (χ0v) is 20.8. The van der Waals surface area contributed by atoms with Crippen LogP contribution in [0, 0.1) is 11.3 Å². The minimum atomic E-state index is -4.78. The number of benzene rings is 2. The summed E-state index contributed by atoms with van der Waals surface area (Å²) < 4.78 is 51.7. The number of carbonyl (C=O) groups is 1. The van der Waals surface area contributed by atoms with Crippen molar-refractivity contribution in [3.63, 3.8) is 0 Å². The van der Waals surface area contributed by atoms with Gasteiger partial charge in [-0.1, -0.05) is 35.5 Å². The fourth-order valence-electron chi connectivity index (χ4n) is 4.37. The molecule has 0 amide bonds. The monoisotopic (exact) mass is 550 g/mol. The summed E-state index contributed by atoms with van der Waals surface area (Å²) in [4.78, 5) is 18.3. The number of rotatable bonds is 7. The van der Waals surface area contributed by atoms with Gasteiger partial charge in [-0.05, 0) is 54.8 Å². The first-order valence-electron chi connectivity index (χ1n) is 12.2. The Morgan fingerprint density at radius 1 is 1.02 bits per heavy atom. The molecule has 0 bridgehead atoms. The van der Waals surface area contributed by atoms with E-state index in [-0.39, 0.29) is 24.1 Å². The summed E-state index contributed by atoms with van der Waals surface area (Å²) >= 11 is 0. The van der Waals surface area contributed by atoms with Gasteiger partial charge >= 0.3 is 12.3 Å². The predicted molar refractivity (Wildman–Crippen MR) is 133 cm³/mol. The smallest absolute Gasteiger partial charge is 0.454 e. The molecule has 10 nitrogen and oxygen atoms in total. The van der Waals surface area contributed by atoms with E-state index in [2.05, 4.69) is 31.1 Å². The average Bonchev–Trinajstić information content (AvgIpc) is 3.45. The molecule has 1 fully saturated rings. The van der Waals surface area contributed by atoms with E-state index in [1.807, 2.05) is 4.90 Å². The molecule has 2 aromatic carbocycles. The van der Waals surface area contributed by atoms with Gasteiger partial charge in [0.05, 0.1) is 17.0 Å². The lowest BCUT2D eigenvalue weighted by atomic mass is 9.74. The highest BCUT2D eigenvalue weighted by Gasteiger charge is 2.37. The Kier molecular flexibility index (Phi) is 7.33. The highest BCUT2D eigenvalue weighted by atomic mass is 19.4. The van der Waals surface area contributed by atoms with Crippen molar-refractivity contribution in [1.82, 2.24) is 20.3 Å². The minimum Gasteiger partial charge on any atom is -0.454 e. The first kappa shape index (κ1) is 26.6. The van der Waals surface area contributed by atoms with Gasteiger partial charge in [-0.15, -0.1) is 23.4 Å². The molecule has 0 unspecified atom stereocenters. The van der Waals surface area contributed by atoms with Gasteiger partial charge in [-0.3, -0.25) is 0 Å². The van der Waals surface area contributed by atoms with Crippen LogP contribution >= 0.6 is 0 Å². The summed E-state index contributed by atoms with van der Waals surface area (Å²) in [6.07, 6.45) is -3.89. The van der Waals surface area contributed by atoms with Crippen molar-refractivity contribution in [2.75, 3.05) is 18.0 Å². The number of hydrogen-bond acceptors (Lipinski definition) is 10. The van der Waals surface area contributed by atoms with Crippen LogP contribution in [0.3, 0.4) is 0 Å². The Balaban J connectivity index is 1.18. The van der Waals surface area contributed by atoms with Crippen molar-refractivity contribution in [2.24, 2.45) is 0 Å². The van der Waals surface area contributed by atoms with Crippen LogP contribution in [0.4, 0.5) is 19.0 Å². The van der Waals surface area contributed by atoms with Crippen LogP contribution in [-0.4, -0.2) is 45.8 Å². The molecule has 1 saturated heterocycles. The van der Waals surface area contributed by atoms with Crippen molar-refractivity contribution in [1.29, 1.82) is 5.26 Å². The number of esters is 1. The van der Waals surface area contributed by atoms with E-state index in [4.69, 9.17) is 9.26 Å². The Hall–Kier alpha value is -4.99. The second-order valence-electron chi connectivity index (χ2n) is 8.99. The van der Waals surface area contributed by atoms with Gasteiger partial charge in [0.1, 0.15) is 5.75 Å². The van der Waals surface area contributed by atoms with E-state index in [0.717, 1.165) is 0 Å². The molecule has 0 N–H and O–H groups in total. The molecule has 1 aliphatic rings. The summed E-state index contributed by atoms with van der Waals surface area (Å²) in [6, 6.07) is 19.7. The van der Waals surface area contributed by atoms with Crippen molar-refractivity contribution >= 4 is 11.8 Å².